The number of halogens is 3. The number of benzene rings is 1. The first kappa shape index (κ1) is 14.1. The van der Waals surface area contributed by atoms with E-state index in [0.29, 0.717) is 15.2 Å². The predicted octanol–water partition coefficient (Wildman–Crippen LogP) is 4.64. The Labute approximate surface area is 127 Å². The summed E-state index contributed by atoms with van der Waals surface area (Å²) in [5.41, 5.74) is -0.0725. The molecule has 0 saturated carbocycles. The van der Waals surface area contributed by atoms with Crippen molar-refractivity contribution in [1.82, 2.24) is 4.98 Å². The van der Waals surface area contributed by atoms with Crippen LogP contribution in [0.5, 0.6) is 11.6 Å². The molecule has 2 aromatic rings. The summed E-state index contributed by atoms with van der Waals surface area (Å²) < 4.78 is 6.08. The van der Waals surface area contributed by atoms with E-state index in [1.165, 1.54) is 12.3 Å². The van der Waals surface area contributed by atoms with Crippen molar-refractivity contribution in [3.05, 3.63) is 50.5 Å². The van der Waals surface area contributed by atoms with E-state index in [4.69, 9.17) is 33.0 Å². The number of carboxylic acid groups (broad SMARTS) is 1. The molecule has 0 fully saturated rings. The van der Waals surface area contributed by atoms with E-state index in [9.17, 15) is 4.79 Å². The largest absolute Gasteiger partial charge is 0.478 e. The molecule has 0 amide bonds. The zero-order valence-electron chi connectivity index (χ0n) is 9.23. The SMILES string of the molecule is O=C(O)c1ccnc(Oc2ccc(Cl)cc2Br)c1Cl. The van der Waals surface area contributed by atoms with Crippen molar-refractivity contribution in [3.8, 4) is 11.6 Å². The fourth-order valence-corrected chi connectivity index (χ4v) is 2.32. The number of carbonyl (C=O) groups is 1. The van der Waals surface area contributed by atoms with Gasteiger partial charge in [0.25, 0.3) is 0 Å². The molecule has 1 N–H and O–H groups in total. The number of aromatic carboxylic acids is 1. The van der Waals surface area contributed by atoms with Crippen molar-refractivity contribution in [2.75, 3.05) is 0 Å². The number of pyridine rings is 1. The van der Waals surface area contributed by atoms with Gasteiger partial charge in [-0.25, -0.2) is 9.78 Å². The van der Waals surface area contributed by atoms with Gasteiger partial charge in [0.05, 0.1) is 10.0 Å². The smallest absolute Gasteiger partial charge is 0.337 e. The Morgan fingerprint density at radius 3 is 2.68 bits per heavy atom. The molecule has 0 bridgehead atoms. The standard InChI is InChI=1S/C12H6BrCl2NO3/c13-8-5-6(14)1-2-9(8)19-11-10(15)7(12(17)18)3-4-16-11/h1-5H,(H,17,18). The maximum Gasteiger partial charge on any atom is 0.337 e. The molecule has 0 atom stereocenters. The minimum Gasteiger partial charge on any atom is -0.478 e. The molecule has 98 valence electrons. The van der Waals surface area contributed by atoms with E-state index >= 15 is 0 Å². The van der Waals surface area contributed by atoms with E-state index in [1.54, 1.807) is 18.2 Å². The highest BCUT2D eigenvalue weighted by atomic mass is 79.9. The van der Waals surface area contributed by atoms with Crippen LogP contribution in [0.4, 0.5) is 0 Å². The molecule has 1 aromatic carbocycles. The van der Waals surface area contributed by atoms with Gasteiger partial charge in [0.1, 0.15) is 10.8 Å². The van der Waals surface area contributed by atoms with Crippen molar-refractivity contribution >= 4 is 45.1 Å². The summed E-state index contributed by atoms with van der Waals surface area (Å²) in [6, 6.07) is 6.20. The Hall–Kier alpha value is -1.30. The van der Waals surface area contributed by atoms with E-state index in [0.717, 1.165) is 0 Å². The Bertz CT molecular complexity index is 649. The van der Waals surface area contributed by atoms with Gasteiger partial charge in [-0.05, 0) is 40.2 Å². The molecule has 0 aliphatic rings. The highest BCUT2D eigenvalue weighted by Gasteiger charge is 2.15. The summed E-state index contributed by atoms with van der Waals surface area (Å²) in [4.78, 5) is 14.9. The summed E-state index contributed by atoms with van der Waals surface area (Å²) in [5.74, 6) is -0.696. The number of rotatable bonds is 3. The Morgan fingerprint density at radius 2 is 2.05 bits per heavy atom. The first-order valence-electron chi connectivity index (χ1n) is 4.99. The lowest BCUT2D eigenvalue weighted by atomic mass is 10.2. The van der Waals surface area contributed by atoms with Crippen LogP contribution >= 0.6 is 39.1 Å². The van der Waals surface area contributed by atoms with E-state index in [-0.39, 0.29) is 16.5 Å². The number of aromatic nitrogens is 1. The molecule has 0 aliphatic heterocycles. The van der Waals surface area contributed by atoms with E-state index in [1.807, 2.05) is 0 Å². The second-order valence-corrected chi connectivity index (χ2v) is 5.13. The number of carboxylic acids is 1. The fraction of sp³-hybridized carbons (Fsp3) is 0. The number of hydrogen-bond acceptors (Lipinski definition) is 3. The third-order valence-electron chi connectivity index (χ3n) is 2.19. The molecular formula is C12H6BrCl2NO3. The first-order chi connectivity index (χ1) is 8.99. The van der Waals surface area contributed by atoms with Crippen molar-refractivity contribution < 1.29 is 14.6 Å². The molecule has 19 heavy (non-hydrogen) atoms. The second kappa shape index (κ2) is 5.77. The van der Waals surface area contributed by atoms with Crippen LogP contribution in [-0.4, -0.2) is 16.1 Å². The average molecular weight is 363 g/mol. The summed E-state index contributed by atoms with van der Waals surface area (Å²) in [6.07, 6.45) is 1.31. The monoisotopic (exact) mass is 361 g/mol. The van der Waals surface area contributed by atoms with Gasteiger partial charge in [0, 0.05) is 11.2 Å². The molecule has 0 radical (unpaired) electrons. The normalized spacial score (nSPS) is 10.3. The minimum atomic E-state index is -1.15. The van der Waals surface area contributed by atoms with Crippen LogP contribution in [-0.2, 0) is 0 Å². The maximum absolute atomic E-state index is 10.9. The lowest BCUT2D eigenvalue weighted by Gasteiger charge is -2.09. The predicted molar refractivity (Wildman–Crippen MR) is 75.4 cm³/mol. The number of ether oxygens (including phenoxy) is 1. The van der Waals surface area contributed by atoms with E-state index < -0.39 is 5.97 Å². The maximum atomic E-state index is 10.9. The topological polar surface area (TPSA) is 59.4 Å². The fourth-order valence-electron chi connectivity index (χ4n) is 1.32. The summed E-state index contributed by atoms with van der Waals surface area (Å²) >= 11 is 15.0. The summed E-state index contributed by atoms with van der Waals surface area (Å²) in [6.45, 7) is 0. The van der Waals surface area contributed by atoms with Crippen LogP contribution in [0.25, 0.3) is 0 Å². The van der Waals surface area contributed by atoms with Crippen molar-refractivity contribution in [3.63, 3.8) is 0 Å². The van der Waals surface area contributed by atoms with Crippen molar-refractivity contribution in [2.45, 2.75) is 0 Å². The summed E-state index contributed by atoms with van der Waals surface area (Å²) in [5, 5.41) is 9.43. The zero-order chi connectivity index (χ0) is 14.0. The molecule has 1 heterocycles. The molecule has 0 unspecified atom stereocenters. The van der Waals surface area contributed by atoms with Gasteiger partial charge in [-0.3, -0.25) is 0 Å². The highest BCUT2D eigenvalue weighted by Crippen LogP contribution is 2.34. The molecule has 0 saturated heterocycles. The molecule has 0 aliphatic carbocycles. The van der Waals surface area contributed by atoms with Crippen LogP contribution in [0, 0.1) is 0 Å². The highest BCUT2D eigenvalue weighted by molar-refractivity contribution is 9.10. The Balaban J connectivity index is 2.38. The molecule has 0 spiro atoms. The van der Waals surface area contributed by atoms with Gasteiger partial charge in [-0.15, -0.1) is 0 Å². The lowest BCUT2D eigenvalue weighted by molar-refractivity contribution is 0.0696. The number of hydrogen-bond donors (Lipinski definition) is 1. The van der Waals surface area contributed by atoms with Gasteiger partial charge in [0.2, 0.25) is 5.88 Å². The van der Waals surface area contributed by atoms with Gasteiger partial charge in [-0.2, -0.15) is 0 Å². The van der Waals surface area contributed by atoms with Crippen LogP contribution in [0.1, 0.15) is 10.4 Å². The van der Waals surface area contributed by atoms with Crippen LogP contribution in [0.15, 0.2) is 34.9 Å². The Morgan fingerprint density at radius 1 is 1.32 bits per heavy atom. The number of nitrogens with zero attached hydrogens (tertiary/aromatic N) is 1. The third-order valence-corrected chi connectivity index (χ3v) is 3.41. The molecule has 7 heteroatoms. The third kappa shape index (κ3) is 3.18. The van der Waals surface area contributed by atoms with Crippen LogP contribution < -0.4 is 4.74 Å². The molecule has 4 nitrogen and oxygen atoms in total. The van der Waals surface area contributed by atoms with Gasteiger partial charge < -0.3 is 9.84 Å². The van der Waals surface area contributed by atoms with Crippen LogP contribution in [0.2, 0.25) is 10.0 Å². The van der Waals surface area contributed by atoms with Crippen molar-refractivity contribution in [1.29, 1.82) is 0 Å². The van der Waals surface area contributed by atoms with E-state index in [2.05, 4.69) is 20.9 Å². The second-order valence-electron chi connectivity index (χ2n) is 3.46. The molecule has 1 aromatic heterocycles. The average Bonchev–Trinajstić information content (AvgIpc) is 2.34. The van der Waals surface area contributed by atoms with Gasteiger partial charge >= 0.3 is 5.97 Å². The van der Waals surface area contributed by atoms with Gasteiger partial charge in [0.15, 0.2) is 0 Å². The zero-order valence-corrected chi connectivity index (χ0v) is 12.3. The van der Waals surface area contributed by atoms with Gasteiger partial charge in [-0.1, -0.05) is 23.2 Å². The minimum absolute atomic E-state index is 0.0181. The van der Waals surface area contributed by atoms with Crippen molar-refractivity contribution in [2.24, 2.45) is 0 Å². The lowest BCUT2D eigenvalue weighted by Crippen LogP contribution is -2.00. The van der Waals surface area contributed by atoms with Crippen LogP contribution in [0.3, 0.4) is 0 Å². The first-order valence-corrected chi connectivity index (χ1v) is 6.54. The molecular weight excluding hydrogens is 357 g/mol. The quantitative estimate of drug-likeness (QED) is 0.863. The summed E-state index contributed by atoms with van der Waals surface area (Å²) in [7, 11) is 0. The Kier molecular flexibility index (Phi) is 4.29. The molecule has 2 rings (SSSR count).